The number of aromatic nitrogens is 2. The Balaban J connectivity index is 3.35. The summed E-state index contributed by atoms with van der Waals surface area (Å²) in [6.45, 7) is 0. The molecule has 20 heavy (non-hydrogen) atoms. The van der Waals surface area contributed by atoms with Crippen molar-refractivity contribution in [2.24, 2.45) is 4.99 Å². The van der Waals surface area contributed by atoms with Gasteiger partial charge in [0.2, 0.25) is 5.95 Å². The van der Waals surface area contributed by atoms with E-state index >= 15 is 0 Å². The van der Waals surface area contributed by atoms with Crippen molar-refractivity contribution in [1.82, 2.24) is 19.8 Å². The highest BCUT2D eigenvalue weighted by Gasteiger charge is 2.20. The Kier molecular flexibility index (Phi) is 4.95. The molecule has 0 unspecified atom stereocenters. The Labute approximate surface area is 115 Å². The third kappa shape index (κ3) is 4.19. The van der Waals surface area contributed by atoms with Crippen molar-refractivity contribution in [2.45, 2.75) is 0 Å². The lowest BCUT2D eigenvalue weighted by Gasteiger charge is -2.04. The van der Waals surface area contributed by atoms with Crippen LogP contribution in [0.2, 0.25) is 0 Å². The van der Waals surface area contributed by atoms with Crippen molar-refractivity contribution in [1.29, 1.82) is 0 Å². The van der Waals surface area contributed by atoms with Crippen LogP contribution in [-0.4, -0.2) is 59.2 Å². The summed E-state index contributed by atoms with van der Waals surface area (Å²) < 4.78 is 0. The average Bonchev–Trinajstić information content (AvgIpc) is 2.32. The first-order chi connectivity index (χ1) is 9.31. The van der Waals surface area contributed by atoms with Crippen LogP contribution in [-0.2, 0) is 0 Å². The molecule has 0 fully saturated rings. The number of hydrogen-bond acceptors (Lipinski definition) is 6. The second-order valence-electron chi connectivity index (χ2n) is 4.37. The smallest absolute Gasteiger partial charge is 0.359 e. The molecular weight excluding hydrogens is 264 g/mol. The zero-order chi connectivity index (χ0) is 15.3. The quantitative estimate of drug-likeness (QED) is 0.363. The van der Waals surface area contributed by atoms with Crippen molar-refractivity contribution in [2.75, 3.05) is 28.2 Å². The number of aromatic amines is 1. The van der Waals surface area contributed by atoms with Crippen LogP contribution in [0.3, 0.4) is 0 Å². The first-order valence-electron chi connectivity index (χ1n) is 5.65. The molecule has 0 radical (unpaired) electrons. The van der Waals surface area contributed by atoms with E-state index in [9.17, 15) is 14.9 Å². The SMILES string of the molecule is CN(C)C=Nc1nc(/C=C/N(C)C)c([N+](=O)[O-])c(=O)[nH]1. The fraction of sp³-hybridized carbons (Fsp3) is 0.364. The molecule has 0 aliphatic rings. The van der Waals surface area contributed by atoms with E-state index in [2.05, 4.69) is 15.0 Å². The van der Waals surface area contributed by atoms with Gasteiger partial charge in [-0.05, 0) is 6.08 Å². The molecule has 1 heterocycles. The molecule has 0 aromatic carbocycles. The van der Waals surface area contributed by atoms with Crippen LogP contribution in [0, 0.1) is 10.1 Å². The number of nitrogens with zero attached hydrogens (tertiary/aromatic N) is 5. The highest BCUT2D eigenvalue weighted by Crippen LogP contribution is 2.15. The zero-order valence-electron chi connectivity index (χ0n) is 11.7. The molecular formula is C11H16N6O3. The Morgan fingerprint density at radius 1 is 1.30 bits per heavy atom. The maximum atomic E-state index is 11.7. The number of rotatable bonds is 5. The van der Waals surface area contributed by atoms with Crippen LogP contribution >= 0.6 is 0 Å². The average molecular weight is 280 g/mol. The molecule has 0 bridgehead atoms. The van der Waals surface area contributed by atoms with Gasteiger partial charge in [0.05, 0.1) is 11.3 Å². The van der Waals surface area contributed by atoms with Gasteiger partial charge in [-0.3, -0.25) is 19.9 Å². The Bertz CT molecular complexity index is 603. The minimum absolute atomic E-state index is 0.00714. The Hall–Kier alpha value is -2.71. The zero-order valence-corrected chi connectivity index (χ0v) is 11.7. The highest BCUT2D eigenvalue weighted by molar-refractivity contribution is 5.60. The third-order valence-corrected chi connectivity index (χ3v) is 2.03. The molecule has 1 aromatic rings. The first kappa shape index (κ1) is 15.3. The lowest BCUT2D eigenvalue weighted by Crippen LogP contribution is -2.15. The molecule has 0 aliphatic carbocycles. The molecule has 9 heteroatoms. The predicted octanol–water partition coefficient (Wildman–Crippen LogP) is 0.432. The van der Waals surface area contributed by atoms with Crippen LogP contribution in [0.5, 0.6) is 0 Å². The molecule has 1 rings (SSSR count). The van der Waals surface area contributed by atoms with Crippen LogP contribution < -0.4 is 5.56 Å². The number of H-pyrrole nitrogens is 1. The molecule has 1 N–H and O–H groups in total. The van der Waals surface area contributed by atoms with E-state index in [0.717, 1.165) is 0 Å². The van der Waals surface area contributed by atoms with Gasteiger partial charge < -0.3 is 9.80 Å². The monoisotopic (exact) mass is 280 g/mol. The molecule has 1 aromatic heterocycles. The summed E-state index contributed by atoms with van der Waals surface area (Å²) in [5, 5.41) is 10.9. The second-order valence-corrected chi connectivity index (χ2v) is 4.37. The highest BCUT2D eigenvalue weighted by atomic mass is 16.6. The molecule has 108 valence electrons. The van der Waals surface area contributed by atoms with E-state index < -0.39 is 16.2 Å². The van der Waals surface area contributed by atoms with E-state index in [1.807, 2.05) is 0 Å². The van der Waals surface area contributed by atoms with E-state index in [-0.39, 0.29) is 11.6 Å². The van der Waals surface area contributed by atoms with E-state index in [1.54, 1.807) is 44.2 Å². The normalized spacial score (nSPS) is 11.2. The van der Waals surface area contributed by atoms with Gasteiger partial charge in [0.15, 0.2) is 5.69 Å². The Morgan fingerprint density at radius 3 is 2.45 bits per heavy atom. The molecule has 0 saturated heterocycles. The molecule has 0 amide bonds. The van der Waals surface area contributed by atoms with Gasteiger partial charge in [0, 0.05) is 34.4 Å². The number of nitro groups is 1. The second kappa shape index (κ2) is 6.45. The third-order valence-electron chi connectivity index (χ3n) is 2.03. The van der Waals surface area contributed by atoms with Gasteiger partial charge in [-0.25, -0.2) is 9.98 Å². The van der Waals surface area contributed by atoms with Gasteiger partial charge in [-0.1, -0.05) is 0 Å². The maximum absolute atomic E-state index is 11.7. The standard InChI is InChI=1S/C11H16N6O3/c1-15(2)6-5-8-9(17(19)20)10(18)14-11(13-8)12-7-16(3)4/h5-7H,1-4H3,(H,13,14,18)/b6-5+,12-7?. The van der Waals surface area contributed by atoms with Crippen molar-refractivity contribution >= 4 is 24.1 Å². The topological polar surface area (TPSA) is 108 Å². The molecule has 0 atom stereocenters. The van der Waals surface area contributed by atoms with Crippen LogP contribution in [0.25, 0.3) is 6.08 Å². The minimum atomic E-state index is -0.839. The van der Waals surface area contributed by atoms with Crippen LogP contribution in [0.15, 0.2) is 16.0 Å². The van der Waals surface area contributed by atoms with Crippen molar-refractivity contribution < 1.29 is 4.92 Å². The molecule has 0 aliphatic heterocycles. The number of nitrogens with one attached hydrogen (secondary N) is 1. The van der Waals surface area contributed by atoms with E-state index in [4.69, 9.17) is 0 Å². The summed E-state index contributed by atoms with van der Waals surface area (Å²) in [6.07, 6.45) is 4.39. The van der Waals surface area contributed by atoms with Gasteiger partial charge in [0.25, 0.3) is 0 Å². The molecule has 9 nitrogen and oxygen atoms in total. The van der Waals surface area contributed by atoms with Crippen LogP contribution in [0.1, 0.15) is 5.69 Å². The molecule has 0 saturated carbocycles. The lowest BCUT2D eigenvalue weighted by molar-refractivity contribution is -0.386. The molecule has 0 spiro atoms. The lowest BCUT2D eigenvalue weighted by atomic mass is 10.3. The van der Waals surface area contributed by atoms with Crippen molar-refractivity contribution in [3.63, 3.8) is 0 Å². The fourth-order valence-corrected chi connectivity index (χ4v) is 1.22. The van der Waals surface area contributed by atoms with Crippen molar-refractivity contribution in [3.8, 4) is 0 Å². The van der Waals surface area contributed by atoms with Crippen molar-refractivity contribution in [3.05, 3.63) is 32.4 Å². The summed E-state index contributed by atoms with van der Waals surface area (Å²) in [4.78, 5) is 35.3. The summed E-state index contributed by atoms with van der Waals surface area (Å²) in [5.74, 6) is 0.00714. The Morgan fingerprint density at radius 2 is 1.95 bits per heavy atom. The van der Waals surface area contributed by atoms with Gasteiger partial charge in [0.1, 0.15) is 0 Å². The largest absolute Gasteiger partial charge is 0.383 e. The van der Waals surface area contributed by atoms with Gasteiger partial charge in [-0.15, -0.1) is 0 Å². The van der Waals surface area contributed by atoms with E-state index in [1.165, 1.54) is 12.4 Å². The summed E-state index contributed by atoms with van der Waals surface area (Å²) in [5.41, 5.74) is -1.49. The summed E-state index contributed by atoms with van der Waals surface area (Å²) in [6, 6.07) is 0. The minimum Gasteiger partial charge on any atom is -0.383 e. The summed E-state index contributed by atoms with van der Waals surface area (Å²) >= 11 is 0. The number of hydrogen-bond donors (Lipinski definition) is 1. The van der Waals surface area contributed by atoms with Gasteiger partial charge in [-0.2, -0.15) is 0 Å². The maximum Gasteiger partial charge on any atom is 0.359 e. The number of aliphatic imine (C=N–C) groups is 1. The fourth-order valence-electron chi connectivity index (χ4n) is 1.22. The van der Waals surface area contributed by atoms with Gasteiger partial charge >= 0.3 is 11.2 Å². The predicted molar refractivity (Wildman–Crippen MR) is 76.1 cm³/mol. The summed E-state index contributed by atoms with van der Waals surface area (Å²) in [7, 11) is 7.00. The van der Waals surface area contributed by atoms with E-state index in [0.29, 0.717) is 0 Å². The first-order valence-corrected chi connectivity index (χ1v) is 5.65. The van der Waals surface area contributed by atoms with Crippen LogP contribution in [0.4, 0.5) is 11.6 Å².